The number of nitrogens with zero attached hydrogens (tertiary/aromatic N) is 3. The van der Waals surface area contributed by atoms with Crippen LogP contribution in [0.15, 0.2) is 42.5 Å². The van der Waals surface area contributed by atoms with Crippen LogP contribution < -0.4 is 9.47 Å². The van der Waals surface area contributed by atoms with Crippen LogP contribution in [-0.2, 0) is 6.54 Å². The molecule has 7 heteroatoms. The van der Waals surface area contributed by atoms with E-state index in [-0.39, 0.29) is 5.91 Å². The van der Waals surface area contributed by atoms with E-state index < -0.39 is 0 Å². The standard InChI is InChI=1S/C24H29N3O3S/c1-3-15-30-20-10-9-18(16-21(20)29-4-2)24(28)27-13-11-26(12-14-27)17-23-25-19-7-5-6-8-22(19)31-23/h5-10,16H,3-4,11-15,17H2,1-2H3. The lowest BCUT2D eigenvalue weighted by Gasteiger charge is -2.34. The van der Waals surface area contributed by atoms with Crippen molar-refractivity contribution in [3.05, 3.63) is 53.0 Å². The average molecular weight is 440 g/mol. The van der Waals surface area contributed by atoms with Crippen LogP contribution in [0.1, 0.15) is 35.6 Å². The topological polar surface area (TPSA) is 54.9 Å². The number of hydrogen-bond acceptors (Lipinski definition) is 6. The summed E-state index contributed by atoms with van der Waals surface area (Å²) < 4.78 is 12.7. The van der Waals surface area contributed by atoms with E-state index in [0.29, 0.717) is 43.4 Å². The third-order valence-electron chi connectivity index (χ3n) is 5.31. The summed E-state index contributed by atoms with van der Waals surface area (Å²) >= 11 is 1.75. The average Bonchev–Trinajstić information content (AvgIpc) is 3.21. The van der Waals surface area contributed by atoms with Crippen LogP contribution in [0.4, 0.5) is 0 Å². The van der Waals surface area contributed by atoms with Crippen LogP contribution in [0.3, 0.4) is 0 Å². The normalized spacial score (nSPS) is 14.7. The zero-order chi connectivity index (χ0) is 21.6. The van der Waals surface area contributed by atoms with Crippen molar-refractivity contribution in [2.45, 2.75) is 26.8 Å². The third-order valence-corrected chi connectivity index (χ3v) is 6.33. The van der Waals surface area contributed by atoms with Gasteiger partial charge in [0.15, 0.2) is 11.5 Å². The van der Waals surface area contributed by atoms with Crippen molar-refractivity contribution in [3.63, 3.8) is 0 Å². The van der Waals surface area contributed by atoms with Crippen LogP contribution in [0.2, 0.25) is 0 Å². The van der Waals surface area contributed by atoms with Crippen molar-refractivity contribution in [1.82, 2.24) is 14.8 Å². The summed E-state index contributed by atoms with van der Waals surface area (Å²) in [6.45, 7) is 9.10. The lowest BCUT2D eigenvalue weighted by molar-refractivity contribution is 0.0628. The largest absolute Gasteiger partial charge is 0.490 e. The number of carbonyl (C=O) groups excluding carboxylic acids is 1. The van der Waals surface area contributed by atoms with Gasteiger partial charge in [0.25, 0.3) is 5.91 Å². The number of hydrogen-bond donors (Lipinski definition) is 0. The number of carbonyl (C=O) groups is 1. The Morgan fingerprint density at radius 2 is 1.84 bits per heavy atom. The predicted octanol–water partition coefficient (Wildman–Crippen LogP) is 4.44. The van der Waals surface area contributed by atoms with E-state index in [1.807, 2.05) is 42.2 Å². The maximum atomic E-state index is 13.1. The minimum Gasteiger partial charge on any atom is -0.490 e. The zero-order valence-corrected chi connectivity index (χ0v) is 19.0. The Kier molecular flexibility index (Phi) is 7.04. The minimum absolute atomic E-state index is 0.0441. The molecule has 0 spiro atoms. The number of benzene rings is 2. The molecular formula is C24H29N3O3S. The van der Waals surface area contributed by atoms with Gasteiger partial charge in [-0.15, -0.1) is 11.3 Å². The molecule has 3 aromatic rings. The molecule has 0 radical (unpaired) electrons. The molecule has 0 aliphatic carbocycles. The first-order chi connectivity index (χ1) is 15.2. The molecule has 164 valence electrons. The second-order valence-electron chi connectivity index (χ2n) is 7.59. The summed E-state index contributed by atoms with van der Waals surface area (Å²) in [6, 6.07) is 13.7. The Morgan fingerprint density at radius 3 is 2.58 bits per heavy atom. The SMILES string of the molecule is CCCOc1ccc(C(=O)N2CCN(Cc3nc4ccccc4s3)CC2)cc1OCC. The molecule has 0 bridgehead atoms. The van der Waals surface area contributed by atoms with Gasteiger partial charge in [0.2, 0.25) is 0 Å². The molecule has 4 rings (SSSR count). The molecule has 31 heavy (non-hydrogen) atoms. The number of piperazine rings is 1. The summed E-state index contributed by atoms with van der Waals surface area (Å²) in [4.78, 5) is 22.1. The fourth-order valence-corrected chi connectivity index (χ4v) is 4.72. The van der Waals surface area contributed by atoms with E-state index in [4.69, 9.17) is 14.5 Å². The Labute approximate surface area is 187 Å². The monoisotopic (exact) mass is 439 g/mol. The van der Waals surface area contributed by atoms with Crippen LogP contribution >= 0.6 is 11.3 Å². The van der Waals surface area contributed by atoms with Gasteiger partial charge in [0, 0.05) is 31.7 Å². The Balaban J connectivity index is 1.36. The van der Waals surface area contributed by atoms with Crippen molar-refractivity contribution in [2.75, 3.05) is 39.4 Å². The molecule has 2 heterocycles. The fraction of sp³-hybridized carbons (Fsp3) is 0.417. The molecule has 0 saturated carbocycles. The minimum atomic E-state index is 0.0441. The van der Waals surface area contributed by atoms with Crippen molar-refractivity contribution in [3.8, 4) is 11.5 Å². The lowest BCUT2D eigenvalue weighted by Crippen LogP contribution is -2.48. The van der Waals surface area contributed by atoms with E-state index in [1.54, 1.807) is 11.3 Å². The van der Waals surface area contributed by atoms with Gasteiger partial charge in [-0.2, -0.15) is 0 Å². The van der Waals surface area contributed by atoms with Gasteiger partial charge in [-0.1, -0.05) is 19.1 Å². The molecule has 1 aliphatic heterocycles. The Morgan fingerprint density at radius 1 is 1.03 bits per heavy atom. The number of aromatic nitrogens is 1. The van der Waals surface area contributed by atoms with Gasteiger partial charge in [-0.25, -0.2) is 4.98 Å². The summed E-state index contributed by atoms with van der Waals surface area (Å²) in [6.07, 6.45) is 0.924. The highest BCUT2D eigenvalue weighted by Gasteiger charge is 2.24. The van der Waals surface area contributed by atoms with Crippen molar-refractivity contribution < 1.29 is 14.3 Å². The van der Waals surface area contributed by atoms with Crippen molar-refractivity contribution in [1.29, 1.82) is 0 Å². The third kappa shape index (κ3) is 5.17. The van der Waals surface area contributed by atoms with Gasteiger partial charge in [0.1, 0.15) is 5.01 Å². The van der Waals surface area contributed by atoms with Gasteiger partial charge in [-0.3, -0.25) is 9.69 Å². The van der Waals surface area contributed by atoms with Crippen molar-refractivity contribution in [2.24, 2.45) is 0 Å². The zero-order valence-electron chi connectivity index (χ0n) is 18.2. The summed E-state index contributed by atoms with van der Waals surface area (Å²) in [5.41, 5.74) is 1.71. The number of ether oxygens (including phenoxy) is 2. The Hall–Kier alpha value is -2.64. The second kappa shape index (κ2) is 10.1. The van der Waals surface area contributed by atoms with Gasteiger partial charge in [0.05, 0.1) is 30.0 Å². The summed E-state index contributed by atoms with van der Waals surface area (Å²) in [5, 5.41) is 1.13. The number of amides is 1. The molecule has 2 aromatic carbocycles. The van der Waals surface area contributed by atoms with E-state index >= 15 is 0 Å². The van der Waals surface area contributed by atoms with Crippen LogP contribution in [-0.4, -0.2) is 60.1 Å². The highest BCUT2D eigenvalue weighted by atomic mass is 32.1. The maximum absolute atomic E-state index is 13.1. The van der Waals surface area contributed by atoms with Gasteiger partial charge >= 0.3 is 0 Å². The molecule has 1 fully saturated rings. The number of rotatable bonds is 8. The van der Waals surface area contributed by atoms with Crippen LogP contribution in [0, 0.1) is 0 Å². The number of para-hydroxylation sites is 1. The first-order valence-corrected chi connectivity index (χ1v) is 11.7. The Bertz CT molecular complexity index is 995. The molecule has 0 atom stereocenters. The van der Waals surface area contributed by atoms with E-state index in [1.165, 1.54) is 4.70 Å². The fourth-order valence-electron chi connectivity index (χ4n) is 3.71. The highest BCUT2D eigenvalue weighted by molar-refractivity contribution is 7.18. The smallest absolute Gasteiger partial charge is 0.254 e. The summed E-state index contributed by atoms with van der Waals surface area (Å²) in [7, 11) is 0. The molecule has 1 aromatic heterocycles. The first kappa shape index (κ1) is 21.6. The second-order valence-corrected chi connectivity index (χ2v) is 8.70. The van der Waals surface area contributed by atoms with Crippen molar-refractivity contribution >= 4 is 27.5 Å². The maximum Gasteiger partial charge on any atom is 0.254 e. The molecule has 1 amide bonds. The number of thiazole rings is 1. The number of fused-ring (bicyclic) bond motifs is 1. The van der Waals surface area contributed by atoms with Crippen LogP contribution in [0.25, 0.3) is 10.2 Å². The van der Waals surface area contributed by atoms with Gasteiger partial charge < -0.3 is 14.4 Å². The van der Waals surface area contributed by atoms with E-state index in [2.05, 4.69) is 24.0 Å². The molecule has 1 saturated heterocycles. The highest BCUT2D eigenvalue weighted by Crippen LogP contribution is 2.29. The molecule has 0 N–H and O–H groups in total. The molecule has 1 aliphatic rings. The molecule has 6 nitrogen and oxygen atoms in total. The molecular weight excluding hydrogens is 410 g/mol. The first-order valence-electron chi connectivity index (χ1n) is 10.9. The van der Waals surface area contributed by atoms with Gasteiger partial charge in [-0.05, 0) is 43.7 Å². The van der Waals surface area contributed by atoms with E-state index in [9.17, 15) is 4.79 Å². The van der Waals surface area contributed by atoms with Crippen LogP contribution in [0.5, 0.6) is 11.5 Å². The predicted molar refractivity (Wildman–Crippen MR) is 124 cm³/mol. The summed E-state index contributed by atoms with van der Waals surface area (Å²) in [5.74, 6) is 1.37. The lowest BCUT2D eigenvalue weighted by atomic mass is 10.1. The molecule has 0 unspecified atom stereocenters. The quantitative estimate of drug-likeness (QED) is 0.519. The van der Waals surface area contributed by atoms with E-state index in [0.717, 1.165) is 36.6 Å².